The number of hydrogen-bond donors (Lipinski definition) is 1. The van der Waals surface area contributed by atoms with Crippen LogP contribution in [-0.2, 0) is 6.54 Å². The molecule has 0 aliphatic rings. The molecule has 0 atom stereocenters. The minimum Gasteiger partial charge on any atom is -0.381 e. The van der Waals surface area contributed by atoms with E-state index >= 15 is 0 Å². The van der Waals surface area contributed by atoms with Gasteiger partial charge in [0.25, 0.3) is 0 Å². The van der Waals surface area contributed by atoms with Crippen molar-refractivity contribution >= 4 is 17.3 Å². The molecule has 2 aromatic rings. The third-order valence-corrected chi connectivity index (χ3v) is 3.02. The van der Waals surface area contributed by atoms with Gasteiger partial charge in [0.05, 0.1) is 0 Å². The van der Waals surface area contributed by atoms with Gasteiger partial charge in [-0.1, -0.05) is 17.7 Å². The van der Waals surface area contributed by atoms with Crippen LogP contribution in [0.3, 0.4) is 0 Å². The van der Waals surface area contributed by atoms with E-state index in [1.807, 2.05) is 6.92 Å². The van der Waals surface area contributed by atoms with Crippen LogP contribution in [0.4, 0.5) is 14.5 Å². The Morgan fingerprint density at radius 1 is 1.06 bits per heavy atom. The molecule has 0 spiro atoms. The van der Waals surface area contributed by atoms with E-state index in [4.69, 9.17) is 11.6 Å². The predicted octanol–water partition coefficient (Wildman–Crippen LogP) is 4.54. The molecule has 2 aromatic carbocycles. The molecule has 0 radical (unpaired) electrons. The lowest BCUT2D eigenvalue weighted by molar-refractivity contribution is 0.626. The van der Waals surface area contributed by atoms with Gasteiger partial charge in [0, 0.05) is 17.3 Å². The Morgan fingerprint density at radius 2 is 1.72 bits per heavy atom. The summed E-state index contributed by atoms with van der Waals surface area (Å²) in [6, 6.07) is 8.78. The monoisotopic (exact) mass is 267 g/mol. The van der Waals surface area contributed by atoms with E-state index in [0.29, 0.717) is 11.6 Å². The van der Waals surface area contributed by atoms with E-state index in [-0.39, 0.29) is 11.6 Å². The molecular formula is C14H12ClF2N. The first kappa shape index (κ1) is 12.8. The molecule has 0 aromatic heterocycles. The summed E-state index contributed by atoms with van der Waals surface area (Å²) >= 11 is 5.92. The van der Waals surface area contributed by atoms with Crippen molar-refractivity contribution in [2.24, 2.45) is 0 Å². The van der Waals surface area contributed by atoms with Crippen LogP contribution in [-0.4, -0.2) is 0 Å². The van der Waals surface area contributed by atoms with E-state index in [9.17, 15) is 8.78 Å². The average Bonchev–Trinajstić information content (AvgIpc) is 2.30. The highest BCUT2D eigenvalue weighted by Crippen LogP contribution is 2.20. The zero-order chi connectivity index (χ0) is 13.1. The van der Waals surface area contributed by atoms with Gasteiger partial charge in [-0.25, -0.2) is 8.78 Å². The Bertz CT molecular complexity index is 518. The summed E-state index contributed by atoms with van der Waals surface area (Å²) in [5, 5.41) is 3.52. The van der Waals surface area contributed by atoms with Crippen LogP contribution < -0.4 is 5.32 Å². The van der Waals surface area contributed by atoms with Crippen LogP contribution in [0.5, 0.6) is 0 Å². The van der Waals surface area contributed by atoms with E-state index < -0.39 is 0 Å². The first-order valence-corrected chi connectivity index (χ1v) is 5.88. The summed E-state index contributed by atoms with van der Waals surface area (Å²) in [6.45, 7) is 2.28. The molecule has 0 saturated heterocycles. The summed E-state index contributed by atoms with van der Waals surface area (Å²) in [4.78, 5) is 0. The largest absolute Gasteiger partial charge is 0.381 e. The molecule has 94 valence electrons. The third-order valence-electron chi connectivity index (χ3n) is 2.67. The second-order valence-electron chi connectivity index (χ2n) is 4.05. The van der Waals surface area contributed by atoms with Crippen LogP contribution in [0.1, 0.15) is 11.1 Å². The summed E-state index contributed by atoms with van der Waals surface area (Å²) in [5.74, 6) is -0.625. The Kier molecular flexibility index (Phi) is 3.82. The number of benzene rings is 2. The van der Waals surface area contributed by atoms with Crippen LogP contribution in [0.25, 0.3) is 0 Å². The molecule has 4 heteroatoms. The van der Waals surface area contributed by atoms with Crippen LogP contribution in [0, 0.1) is 18.6 Å². The summed E-state index contributed by atoms with van der Waals surface area (Å²) in [7, 11) is 0. The topological polar surface area (TPSA) is 12.0 Å². The second-order valence-corrected chi connectivity index (χ2v) is 4.46. The lowest BCUT2D eigenvalue weighted by atomic mass is 10.1. The van der Waals surface area contributed by atoms with Crippen molar-refractivity contribution in [2.45, 2.75) is 13.5 Å². The quantitative estimate of drug-likeness (QED) is 0.861. The smallest absolute Gasteiger partial charge is 0.124 e. The van der Waals surface area contributed by atoms with Gasteiger partial charge >= 0.3 is 0 Å². The van der Waals surface area contributed by atoms with Gasteiger partial charge in [0.15, 0.2) is 0 Å². The third kappa shape index (κ3) is 2.99. The van der Waals surface area contributed by atoms with Gasteiger partial charge in [-0.2, -0.15) is 0 Å². The standard InChI is InChI=1S/C14H12ClF2N/c1-9-6-11(16)4-5-14(9)18-8-10-2-3-12(17)7-13(10)15/h2-7,18H,8H2,1H3. The van der Waals surface area contributed by atoms with Crippen LogP contribution >= 0.6 is 11.6 Å². The van der Waals surface area contributed by atoms with Crippen molar-refractivity contribution in [1.82, 2.24) is 0 Å². The SMILES string of the molecule is Cc1cc(F)ccc1NCc1ccc(F)cc1Cl. The number of anilines is 1. The normalized spacial score (nSPS) is 10.4. The van der Waals surface area contributed by atoms with Gasteiger partial charge < -0.3 is 5.32 Å². The fourth-order valence-electron chi connectivity index (χ4n) is 1.68. The molecule has 0 unspecified atom stereocenters. The minimum atomic E-state index is -0.360. The average molecular weight is 268 g/mol. The molecule has 1 nitrogen and oxygen atoms in total. The van der Waals surface area contributed by atoms with Crippen molar-refractivity contribution < 1.29 is 8.78 Å². The lowest BCUT2D eigenvalue weighted by Gasteiger charge is -2.10. The van der Waals surface area contributed by atoms with Gasteiger partial charge in [0.2, 0.25) is 0 Å². The van der Waals surface area contributed by atoms with Gasteiger partial charge in [-0.15, -0.1) is 0 Å². The summed E-state index contributed by atoms with van der Waals surface area (Å²) in [6.07, 6.45) is 0. The van der Waals surface area contributed by atoms with Crippen LogP contribution in [0.15, 0.2) is 36.4 Å². The highest BCUT2D eigenvalue weighted by Gasteiger charge is 2.03. The van der Waals surface area contributed by atoms with Crippen LogP contribution in [0.2, 0.25) is 5.02 Å². The highest BCUT2D eigenvalue weighted by atomic mass is 35.5. The first-order chi connectivity index (χ1) is 8.56. The van der Waals surface area contributed by atoms with Gasteiger partial charge in [-0.3, -0.25) is 0 Å². The molecule has 0 heterocycles. The lowest BCUT2D eigenvalue weighted by Crippen LogP contribution is -2.02. The van der Waals surface area contributed by atoms with E-state index in [2.05, 4.69) is 5.32 Å². The first-order valence-electron chi connectivity index (χ1n) is 5.50. The molecule has 18 heavy (non-hydrogen) atoms. The molecule has 2 rings (SSSR count). The number of nitrogens with one attached hydrogen (secondary N) is 1. The zero-order valence-corrected chi connectivity index (χ0v) is 10.6. The maximum atomic E-state index is 12.9. The molecule has 0 amide bonds. The number of aryl methyl sites for hydroxylation is 1. The molecule has 0 bridgehead atoms. The minimum absolute atomic E-state index is 0.266. The molecule has 0 saturated carbocycles. The maximum Gasteiger partial charge on any atom is 0.124 e. The molecule has 0 fully saturated rings. The summed E-state index contributed by atoms with van der Waals surface area (Å²) < 4.78 is 25.8. The molecular weight excluding hydrogens is 256 g/mol. The summed E-state index contributed by atoms with van der Waals surface area (Å²) in [5.41, 5.74) is 2.44. The van der Waals surface area contributed by atoms with E-state index in [0.717, 1.165) is 16.8 Å². The zero-order valence-electron chi connectivity index (χ0n) is 9.81. The second kappa shape index (κ2) is 5.36. The van der Waals surface area contributed by atoms with Crippen molar-refractivity contribution in [2.75, 3.05) is 5.32 Å². The Labute approximate surface area is 109 Å². The number of rotatable bonds is 3. The van der Waals surface area contributed by atoms with Gasteiger partial charge in [-0.05, 0) is 48.4 Å². The predicted molar refractivity (Wildman–Crippen MR) is 69.9 cm³/mol. The Hall–Kier alpha value is -1.61. The molecule has 0 aliphatic heterocycles. The highest BCUT2D eigenvalue weighted by molar-refractivity contribution is 6.31. The fourth-order valence-corrected chi connectivity index (χ4v) is 1.91. The molecule has 1 N–H and O–H groups in total. The Morgan fingerprint density at radius 3 is 2.39 bits per heavy atom. The number of hydrogen-bond acceptors (Lipinski definition) is 1. The maximum absolute atomic E-state index is 12.9. The van der Waals surface area contributed by atoms with Crippen molar-refractivity contribution in [3.8, 4) is 0 Å². The van der Waals surface area contributed by atoms with E-state index in [1.54, 1.807) is 12.1 Å². The van der Waals surface area contributed by atoms with Crippen molar-refractivity contribution in [3.05, 3.63) is 64.2 Å². The fraction of sp³-hybridized carbons (Fsp3) is 0.143. The van der Waals surface area contributed by atoms with Crippen molar-refractivity contribution in [3.63, 3.8) is 0 Å². The van der Waals surface area contributed by atoms with Gasteiger partial charge in [0.1, 0.15) is 11.6 Å². The number of halogens is 3. The Balaban J connectivity index is 2.11. The van der Waals surface area contributed by atoms with Crippen molar-refractivity contribution in [1.29, 1.82) is 0 Å². The molecule has 0 aliphatic carbocycles. The van der Waals surface area contributed by atoms with E-state index in [1.165, 1.54) is 24.3 Å².